The van der Waals surface area contributed by atoms with Crippen molar-refractivity contribution >= 4 is 13.7 Å². The second-order valence-corrected chi connectivity index (χ2v) is 11.0. The molecule has 0 radical (unpaired) electrons. The summed E-state index contributed by atoms with van der Waals surface area (Å²) in [4.78, 5) is 38.6. The van der Waals surface area contributed by atoms with Gasteiger partial charge in [0.15, 0.2) is 12.5 Å². The molecule has 2 heterocycles. The molecule has 1 fully saturated rings. The average Bonchev–Trinajstić information content (AvgIpc) is 3.29. The van der Waals surface area contributed by atoms with Gasteiger partial charge in [-0.2, -0.15) is 5.09 Å². The highest BCUT2D eigenvalue weighted by atomic mass is 31.2. The molecule has 0 spiro atoms. The number of aromatic nitrogens is 2. The van der Waals surface area contributed by atoms with E-state index in [9.17, 15) is 18.9 Å². The van der Waals surface area contributed by atoms with Crippen LogP contribution < -0.4 is 20.9 Å². The van der Waals surface area contributed by atoms with Crippen molar-refractivity contribution in [1.29, 1.82) is 0 Å². The minimum atomic E-state index is -4.12. The standard InChI is InChI=1S/C24H34N3O9P/c1-15(2)11-17(4)34-23(29)18(5)26-37(31,36-19-9-7-6-8-10-19)33-14-21-32-13-20(35-21)27-12-16(3)22(28)25-24(27)30/h6-10,12,15,17-18,20-21H,11,13-14H2,1-5H3,(H,26,31)(H,25,28,30)/t17?,18?,20-,21-,37?/m1/s1. The highest BCUT2D eigenvalue weighted by Crippen LogP contribution is 2.45. The van der Waals surface area contributed by atoms with Crippen molar-refractivity contribution in [3.8, 4) is 5.75 Å². The SMILES string of the molecule is Cc1cn([C@H]2CO[C@@H](COP(=O)(NC(C)C(=O)OC(C)CC(C)C)Oc3ccccc3)O2)c(=O)[nH]c1=O. The number of aromatic amines is 1. The molecule has 0 saturated carbocycles. The molecule has 12 nitrogen and oxygen atoms in total. The quantitative estimate of drug-likeness (QED) is 0.305. The van der Waals surface area contributed by atoms with Crippen LogP contribution in [0.3, 0.4) is 0 Å². The van der Waals surface area contributed by atoms with Crippen LogP contribution in [-0.2, 0) is 28.1 Å². The molecule has 0 bridgehead atoms. The van der Waals surface area contributed by atoms with Crippen LogP contribution in [0.5, 0.6) is 5.75 Å². The summed E-state index contributed by atoms with van der Waals surface area (Å²) in [5.41, 5.74) is -0.808. The number of esters is 1. The van der Waals surface area contributed by atoms with Gasteiger partial charge in [-0.15, -0.1) is 0 Å². The van der Waals surface area contributed by atoms with E-state index in [-0.39, 0.29) is 25.1 Å². The van der Waals surface area contributed by atoms with E-state index in [1.165, 1.54) is 17.7 Å². The summed E-state index contributed by atoms with van der Waals surface area (Å²) < 4.78 is 42.7. The highest BCUT2D eigenvalue weighted by Gasteiger charge is 2.36. The molecular weight excluding hydrogens is 505 g/mol. The Morgan fingerprint density at radius 1 is 1.22 bits per heavy atom. The monoisotopic (exact) mass is 539 g/mol. The molecule has 1 aliphatic rings. The molecule has 3 unspecified atom stereocenters. The number of ether oxygens (including phenoxy) is 3. The Hall–Kier alpha value is -2.76. The van der Waals surface area contributed by atoms with E-state index < -0.39 is 43.5 Å². The van der Waals surface area contributed by atoms with Crippen molar-refractivity contribution in [1.82, 2.24) is 14.6 Å². The largest absolute Gasteiger partial charge is 0.461 e. The number of nitrogens with zero attached hydrogens (tertiary/aromatic N) is 1. The van der Waals surface area contributed by atoms with Gasteiger partial charge >= 0.3 is 19.4 Å². The van der Waals surface area contributed by atoms with Crippen LogP contribution in [0.4, 0.5) is 0 Å². The number of nitrogens with one attached hydrogen (secondary N) is 2. The number of carbonyl (C=O) groups excluding carboxylic acids is 1. The number of hydrogen-bond acceptors (Lipinski definition) is 9. The lowest BCUT2D eigenvalue weighted by Crippen LogP contribution is -2.37. The lowest BCUT2D eigenvalue weighted by molar-refractivity contribution is -0.150. The topological polar surface area (TPSA) is 147 Å². The van der Waals surface area contributed by atoms with E-state index in [0.717, 1.165) is 0 Å². The zero-order chi connectivity index (χ0) is 27.2. The fourth-order valence-corrected chi connectivity index (χ4v) is 5.12. The summed E-state index contributed by atoms with van der Waals surface area (Å²) in [6.07, 6.45) is -0.0777. The molecule has 13 heteroatoms. The van der Waals surface area contributed by atoms with Gasteiger partial charge in [-0.05, 0) is 45.2 Å². The summed E-state index contributed by atoms with van der Waals surface area (Å²) in [5, 5.41) is 2.62. The van der Waals surface area contributed by atoms with Crippen LogP contribution in [0, 0.1) is 12.8 Å². The van der Waals surface area contributed by atoms with E-state index in [4.69, 9.17) is 23.3 Å². The van der Waals surface area contributed by atoms with Gasteiger partial charge in [0, 0.05) is 11.8 Å². The van der Waals surface area contributed by atoms with Crippen LogP contribution in [-0.4, -0.2) is 47.2 Å². The molecule has 37 heavy (non-hydrogen) atoms. The Kier molecular flexibility index (Phi) is 9.86. The minimum Gasteiger partial charge on any atom is -0.461 e. The number of rotatable bonds is 12. The second kappa shape index (κ2) is 12.7. The summed E-state index contributed by atoms with van der Waals surface area (Å²) in [6, 6.07) is 7.34. The Morgan fingerprint density at radius 2 is 1.92 bits per heavy atom. The number of benzene rings is 1. The number of hydrogen-bond donors (Lipinski definition) is 2. The molecular formula is C24H34N3O9P. The molecule has 1 saturated heterocycles. The third-order valence-corrected chi connectivity index (χ3v) is 7.01. The van der Waals surface area contributed by atoms with Gasteiger partial charge in [0.05, 0.1) is 12.7 Å². The number of H-pyrrole nitrogens is 1. The summed E-state index contributed by atoms with van der Waals surface area (Å²) in [6.45, 7) is 8.55. The van der Waals surface area contributed by atoms with Crippen molar-refractivity contribution in [2.24, 2.45) is 5.92 Å². The zero-order valence-electron chi connectivity index (χ0n) is 21.5. The van der Waals surface area contributed by atoms with E-state index in [1.54, 1.807) is 44.2 Å². The van der Waals surface area contributed by atoms with Gasteiger partial charge in [0.1, 0.15) is 18.4 Å². The first-order valence-corrected chi connectivity index (χ1v) is 13.6. The minimum absolute atomic E-state index is 0.00679. The van der Waals surface area contributed by atoms with Crippen LogP contribution in [0.25, 0.3) is 0 Å². The summed E-state index contributed by atoms with van der Waals surface area (Å²) in [7, 11) is -4.12. The summed E-state index contributed by atoms with van der Waals surface area (Å²) in [5.74, 6) is -0.00332. The van der Waals surface area contributed by atoms with Gasteiger partial charge in [0.25, 0.3) is 5.56 Å². The lowest BCUT2D eigenvalue weighted by Gasteiger charge is -2.25. The smallest absolute Gasteiger partial charge is 0.459 e. The molecule has 2 aromatic rings. The van der Waals surface area contributed by atoms with Crippen molar-refractivity contribution in [3.05, 3.63) is 62.9 Å². The first-order chi connectivity index (χ1) is 17.5. The predicted octanol–water partition coefficient (Wildman–Crippen LogP) is 2.88. The van der Waals surface area contributed by atoms with Gasteiger partial charge in [-0.1, -0.05) is 32.0 Å². The number of para-hydroxylation sites is 1. The number of aryl methyl sites for hydroxylation is 1. The van der Waals surface area contributed by atoms with E-state index >= 15 is 0 Å². The summed E-state index contributed by atoms with van der Waals surface area (Å²) >= 11 is 0. The molecule has 0 amide bonds. The van der Waals surface area contributed by atoms with E-state index in [0.29, 0.717) is 17.9 Å². The van der Waals surface area contributed by atoms with E-state index in [2.05, 4.69) is 10.1 Å². The Labute approximate surface area is 214 Å². The first kappa shape index (κ1) is 28.8. The molecule has 5 atom stereocenters. The fourth-order valence-electron chi connectivity index (χ4n) is 3.65. The lowest BCUT2D eigenvalue weighted by atomic mass is 10.1. The van der Waals surface area contributed by atoms with Crippen molar-refractivity contribution in [3.63, 3.8) is 0 Å². The maximum absolute atomic E-state index is 13.6. The van der Waals surface area contributed by atoms with Crippen LogP contribution in [0.1, 0.15) is 45.9 Å². The molecule has 1 aromatic carbocycles. The zero-order valence-corrected chi connectivity index (χ0v) is 22.4. The van der Waals surface area contributed by atoms with Crippen LogP contribution in [0.2, 0.25) is 0 Å². The highest BCUT2D eigenvalue weighted by molar-refractivity contribution is 7.52. The Morgan fingerprint density at radius 3 is 2.59 bits per heavy atom. The van der Waals surface area contributed by atoms with Crippen LogP contribution in [0.15, 0.2) is 46.1 Å². The third-order valence-electron chi connectivity index (χ3n) is 5.37. The van der Waals surface area contributed by atoms with Crippen molar-refractivity contribution in [2.75, 3.05) is 13.2 Å². The molecule has 2 N–H and O–H groups in total. The normalized spacial score (nSPS) is 20.8. The third kappa shape index (κ3) is 8.37. The molecule has 1 aromatic heterocycles. The predicted molar refractivity (Wildman–Crippen MR) is 134 cm³/mol. The second-order valence-electron chi connectivity index (χ2n) is 9.26. The first-order valence-electron chi connectivity index (χ1n) is 12.0. The maximum atomic E-state index is 13.6. The van der Waals surface area contributed by atoms with E-state index in [1.807, 2.05) is 13.8 Å². The Balaban J connectivity index is 1.67. The maximum Gasteiger partial charge on any atom is 0.459 e. The van der Waals surface area contributed by atoms with Crippen molar-refractivity contribution < 1.29 is 32.6 Å². The van der Waals surface area contributed by atoms with Crippen molar-refractivity contribution in [2.45, 2.75) is 65.7 Å². The number of carbonyl (C=O) groups is 1. The fraction of sp³-hybridized carbons (Fsp3) is 0.542. The molecule has 0 aliphatic carbocycles. The van der Waals surface area contributed by atoms with Crippen LogP contribution >= 0.6 is 7.75 Å². The van der Waals surface area contributed by atoms with Gasteiger partial charge < -0.3 is 18.7 Å². The van der Waals surface area contributed by atoms with Gasteiger partial charge in [0.2, 0.25) is 0 Å². The van der Waals surface area contributed by atoms with Gasteiger partial charge in [-0.25, -0.2) is 9.36 Å². The Bertz CT molecular complexity index is 1210. The van der Waals surface area contributed by atoms with Gasteiger partial charge in [-0.3, -0.25) is 23.7 Å². The molecule has 204 valence electrons. The molecule has 3 rings (SSSR count). The average molecular weight is 540 g/mol. The molecule has 1 aliphatic heterocycles.